The van der Waals surface area contributed by atoms with Gasteiger partial charge in [0.25, 0.3) is 0 Å². The molecule has 0 spiro atoms. The molecule has 6 nitrogen and oxygen atoms in total. The Morgan fingerprint density at radius 2 is 1.83 bits per heavy atom. The van der Waals surface area contributed by atoms with Crippen LogP contribution >= 0.6 is 24.0 Å². The van der Waals surface area contributed by atoms with E-state index in [1.54, 1.807) is 6.26 Å². The van der Waals surface area contributed by atoms with Gasteiger partial charge < -0.3 is 20.0 Å². The zero-order chi connectivity index (χ0) is 20.1. The molecule has 2 fully saturated rings. The maximum atomic E-state index is 5.65. The Morgan fingerprint density at radius 3 is 2.50 bits per heavy atom. The van der Waals surface area contributed by atoms with Crippen LogP contribution in [0.4, 0.5) is 0 Å². The monoisotopic (exact) mass is 523 g/mol. The molecule has 2 aliphatic rings. The maximum Gasteiger partial charge on any atom is 0.226 e. The molecular formula is C23H34IN5O. The van der Waals surface area contributed by atoms with Gasteiger partial charge in [-0.2, -0.15) is 0 Å². The van der Waals surface area contributed by atoms with Crippen LogP contribution in [0, 0.1) is 6.92 Å². The third kappa shape index (κ3) is 5.97. The largest absolute Gasteiger partial charge is 0.444 e. The molecule has 7 heteroatoms. The third-order valence-corrected chi connectivity index (χ3v) is 6.22. The van der Waals surface area contributed by atoms with Gasteiger partial charge in [0, 0.05) is 37.8 Å². The van der Waals surface area contributed by atoms with Crippen LogP contribution in [0.1, 0.15) is 49.8 Å². The van der Waals surface area contributed by atoms with E-state index in [0.717, 1.165) is 23.3 Å². The Balaban J connectivity index is 0.00000256. The van der Waals surface area contributed by atoms with Crippen molar-refractivity contribution in [1.82, 2.24) is 20.5 Å². The number of rotatable bonds is 5. The second-order valence-corrected chi connectivity index (χ2v) is 8.33. The van der Waals surface area contributed by atoms with Crippen LogP contribution in [0.25, 0.3) is 11.5 Å². The lowest BCUT2D eigenvalue weighted by Gasteiger charge is -2.36. The van der Waals surface area contributed by atoms with Gasteiger partial charge in [-0.25, -0.2) is 4.98 Å². The van der Waals surface area contributed by atoms with Gasteiger partial charge in [-0.1, -0.05) is 30.5 Å². The van der Waals surface area contributed by atoms with Crippen molar-refractivity contribution < 1.29 is 4.42 Å². The maximum absolute atomic E-state index is 5.65. The standard InChI is InChI=1S/C23H33N5O.HI/c1-17-7-9-18(10-8-17)22-26-20(16-29-22)15-25-23(24-2)27-19-11-13-28(14-12-19)21-5-3-4-6-21;/h7-10,16,19,21H,3-6,11-15H2,1-2H3,(H2,24,25,27);1H. The van der Waals surface area contributed by atoms with E-state index >= 15 is 0 Å². The fraction of sp³-hybridized carbons (Fsp3) is 0.565. The van der Waals surface area contributed by atoms with Crippen LogP contribution in [0.15, 0.2) is 39.9 Å². The molecule has 0 atom stereocenters. The van der Waals surface area contributed by atoms with Crippen molar-refractivity contribution in [2.75, 3.05) is 20.1 Å². The molecule has 1 aromatic heterocycles. The summed E-state index contributed by atoms with van der Waals surface area (Å²) in [4.78, 5) is 11.7. The highest BCUT2D eigenvalue weighted by Crippen LogP contribution is 2.26. The summed E-state index contributed by atoms with van der Waals surface area (Å²) in [6.07, 6.45) is 9.68. The highest BCUT2D eigenvalue weighted by Gasteiger charge is 2.27. The van der Waals surface area contributed by atoms with Gasteiger partial charge in [0.1, 0.15) is 6.26 Å². The van der Waals surface area contributed by atoms with Crippen molar-refractivity contribution in [2.24, 2.45) is 4.99 Å². The molecule has 1 aliphatic carbocycles. The second kappa shape index (κ2) is 11.1. The van der Waals surface area contributed by atoms with Gasteiger partial charge in [0.2, 0.25) is 5.89 Å². The minimum absolute atomic E-state index is 0. The quantitative estimate of drug-likeness (QED) is 0.347. The van der Waals surface area contributed by atoms with Crippen LogP contribution < -0.4 is 10.6 Å². The number of piperidine rings is 1. The number of likely N-dealkylation sites (tertiary alicyclic amines) is 1. The predicted octanol–water partition coefficient (Wildman–Crippen LogP) is 4.34. The minimum Gasteiger partial charge on any atom is -0.444 e. The Hall–Kier alpha value is -1.61. The van der Waals surface area contributed by atoms with Gasteiger partial charge in [-0.3, -0.25) is 4.99 Å². The summed E-state index contributed by atoms with van der Waals surface area (Å²) in [5, 5.41) is 6.96. The van der Waals surface area contributed by atoms with Crippen LogP contribution in [0.2, 0.25) is 0 Å². The molecule has 30 heavy (non-hydrogen) atoms. The zero-order valence-electron chi connectivity index (χ0n) is 18.1. The van der Waals surface area contributed by atoms with Crippen LogP contribution in [0.5, 0.6) is 0 Å². The number of hydrogen-bond donors (Lipinski definition) is 2. The Labute approximate surface area is 196 Å². The molecule has 1 saturated heterocycles. The number of aromatic nitrogens is 1. The summed E-state index contributed by atoms with van der Waals surface area (Å²) in [5.41, 5.74) is 3.10. The summed E-state index contributed by atoms with van der Waals surface area (Å²) < 4.78 is 5.65. The van der Waals surface area contributed by atoms with Crippen LogP contribution in [-0.4, -0.2) is 48.1 Å². The smallest absolute Gasteiger partial charge is 0.226 e. The fourth-order valence-corrected chi connectivity index (χ4v) is 4.46. The molecule has 0 bridgehead atoms. The van der Waals surface area contributed by atoms with E-state index in [9.17, 15) is 0 Å². The average Bonchev–Trinajstić information content (AvgIpc) is 3.44. The molecule has 1 saturated carbocycles. The van der Waals surface area contributed by atoms with E-state index in [4.69, 9.17) is 4.42 Å². The predicted molar refractivity (Wildman–Crippen MR) is 132 cm³/mol. The number of halogens is 1. The highest BCUT2D eigenvalue weighted by molar-refractivity contribution is 14.0. The van der Waals surface area contributed by atoms with Crippen molar-refractivity contribution in [3.63, 3.8) is 0 Å². The second-order valence-electron chi connectivity index (χ2n) is 8.33. The first kappa shape index (κ1) is 23.1. The molecule has 0 radical (unpaired) electrons. The molecule has 0 unspecified atom stereocenters. The molecule has 4 rings (SSSR count). The molecule has 2 heterocycles. The van der Waals surface area contributed by atoms with Crippen molar-refractivity contribution in [3.05, 3.63) is 41.8 Å². The first-order valence-electron chi connectivity index (χ1n) is 10.9. The van der Waals surface area contributed by atoms with E-state index in [1.165, 1.54) is 57.2 Å². The summed E-state index contributed by atoms with van der Waals surface area (Å²) >= 11 is 0. The fourth-order valence-electron chi connectivity index (χ4n) is 4.46. The number of oxazole rings is 1. The van der Waals surface area contributed by atoms with Crippen molar-refractivity contribution in [1.29, 1.82) is 0 Å². The van der Waals surface area contributed by atoms with E-state index in [1.807, 2.05) is 19.2 Å². The number of aliphatic imine (C=N–C) groups is 1. The minimum atomic E-state index is 0. The molecule has 0 amide bonds. The molecule has 1 aliphatic heterocycles. The normalized spacial score (nSPS) is 18.9. The van der Waals surface area contributed by atoms with Crippen molar-refractivity contribution in [2.45, 2.75) is 64.1 Å². The van der Waals surface area contributed by atoms with E-state index in [0.29, 0.717) is 18.5 Å². The van der Waals surface area contributed by atoms with E-state index in [-0.39, 0.29) is 24.0 Å². The third-order valence-electron chi connectivity index (χ3n) is 6.22. The van der Waals surface area contributed by atoms with Gasteiger partial charge in [-0.15, -0.1) is 24.0 Å². The lowest BCUT2D eigenvalue weighted by atomic mass is 10.0. The number of hydrogen-bond acceptors (Lipinski definition) is 4. The van der Waals surface area contributed by atoms with Gasteiger partial charge in [-0.05, 0) is 44.7 Å². The van der Waals surface area contributed by atoms with Crippen LogP contribution in [-0.2, 0) is 6.54 Å². The topological polar surface area (TPSA) is 65.7 Å². The van der Waals surface area contributed by atoms with Gasteiger partial charge in [0.05, 0.1) is 12.2 Å². The van der Waals surface area contributed by atoms with E-state index in [2.05, 4.69) is 44.6 Å². The Morgan fingerprint density at radius 1 is 1.13 bits per heavy atom. The van der Waals surface area contributed by atoms with E-state index < -0.39 is 0 Å². The van der Waals surface area contributed by atoms with Gasteiger partial charge >= 0.3 is 0 Å². The number of guanidine groups is 1. The zero-order valence-corrected chi connectivity index (χ0v) is 20.4. The summed E-state index contributed by atoms with van der Waals surface area (Å²) in [5.74, 6) is 1.49. The molecule has 1 aromatic carbocycles. The molecular weight excluding hydrogens is 489 g/mol. The average molecular weight is 523 g/mol. The summed E-state index contributed by atoms with van der Waals surface area (Å²) in [6.45, 7) is 5.06. The number of nitrogens with one attached hydrogen (secondary N) is 2. The molecule has 2 aromatic rings. The van der Waals surface area contributed by atoms with Crippen molar-refractivity contribution >= 4 is 29.9 Å². The molecule has 164 valence electrons. The van der Waals surface area contributed by atoms with Crippen molar-refractivity contribution in [3.8, 4) is 11.5 Å². The number of aryl methyl sites for hydroxylation is 1. The lowest BCUT2D eigenvalue weighted by Crippen LogP contribution is -2.50. The number of benzene rings is 1. The van der Waals surface area contributed by atoms with Gasteiger partial charge in [0.15, 0.2) is 5.96 Å². The Kier molecular flexibility index (Phi) is 8.56. The first-order valence-corrected chi connectivity index (χ1v) is 10.9. The Bertz CT molecular complexity index is 805. The molecule has 2 N–H and O–H groups in total. The summed E-state index contributed by atoms with van der Waals surface area (Å²) in [6, 6.07) is 9.54. The lowest BCUT2D eigenvalue weighted by molar-refractivity contribution is 0.150. The summed E-state index contributed by atoms with van der Waals surface area (Å²) in [7, 11) is 1.82. The van der Waals surface area contributed by atoms with Crippen LogP contribution in [0.3, 0.4) is 0 Å². The SMILES string of the molecule is CN=C(NCc1coc(-c2ccc(C)cc2)n1)NC1CCN(C2CCCC2)CC1.I. The highest BCUT2D eigenvalue weighted by atomic mass is 127. The number of nitrogens with zero attached hydrogens (tertiary/aromatic N) is 3. The first-order chi connectivity index (χ1) is 14.2.